The quantitative estimate of drug-likeness (QED) is 0.194. The predicted octanol–water partition coefficient (Wildman–Crippen LogP) is 1.40. The fourth-order valence-electron chi connectivity index (χ4n) is 3.46. The Bertz CT molecular complexity index is 1100. The number of nitrogens with zero attached hydrogens (tertiary/aromatic N) is 1. The molecule has 1 saturated heterocycles. The molecule has 2 heterocycles. The van der Waals surface area contributed by atoms with Crippen molar-refractivity contribution in [3.63, 3.8) is 0 Å². The van der Waals surface area contributed by atoms with Crippen LogP contribution in [-0.4, -0.2) is 76.2 Å². The van der Waals surface area contributed by atoms with Gasteiger partial charge in [0.1, 0.15) is 30.7 Å². The highest BCUT2D eigenvalue weighted by Crippen LogP contribution is 2.47. The molecular weight excluding hydrogens is 512 g/mol. The maximum absolute atomic E-state index is 15.1. The Kier molecular flexibility index (Phi) is 8.96. The second kappa shape index (κ2) is 11.6. The van der Waals surface area contributed by atoms with Gasteiger partial charge < -0.3 is 29.5 Å². The lowest BCUT2D eigenvalue weighted by Crippen LogP contribution is -2.52. The number of carbonyl (C=O) groups excluding carboxylic acids is 2. The van der Waals surface area contributed by atoms with Crippen molar-refractivity contribution in [2.24, 2.45) is 0 Å². The van der Waals surface area contributed by atoms with Gasteiger partial charge in [0.25, 0.3) is 0 Å². The van der Waals surface area contributed by atoms with Gasteiger partial charge in [0.15, 0.2) is 18.0 Å². The van der Waals surface area contributed by atoms with E-state index in [4.69, 9.17) is 24.9 Å². The lowest BCUT2D eigenvalue weighted by molar-refractivity contribution is -0.149. The summed E-state index contributed by atoms with van der Waals surface area (Å²) in [6, 6.07) is 5.80. The normalized spacial score (nSPS) is 29.8. The SMILES string of the molecule is C#C[C@]1(COP(=O)(NC(C)C(=O)OC(C)C)Oc2ccccc2)O[C@@H](N2C=CC(O)NC2=O)[C@H](F)[C@@H]1O. The van der Waals surface area contributed by atoms with E-state index in [1.807, 2.05) is 0 Å². The molecule has 2 amide bonds. The van der Waals surface area contributed by atoms with Gasteiger partial charge in [-0.05, 0) is 39.0 Å². The number of aliphatic hydroxyl groups excluding tert-OH is 2. The number of esters is 1. The lowest BCUT2D eigenvalue weighted by atomic mass is 9.98. The molecule has 3 unspecified atom stereocenters. The van der Waals surface area contributed by atoms with Gasteiger partial charge in [-0.2, -0.15) is 5.09 Å². The van der Waals surface area contributed by atoms with E-state index in [2.05, 4.69) is 16.3 Å². The number of alkyl halides is 1. The summed E-state index contributed by atoms with van der Waals surface area (Å²) in [5.74, 6) is 1.49. The molecule has 1 fully saturated rings. The molecule has 37 heavy (non-hydrogen) atoms. The molecule has 14 heteroatoms. The van der Waals surface area contributed by atoms with Crippen molar-refractivity contribution < 1.29 is 47.3 Å². The van der Waals surface area contributed by atoms with E-state index in [1.165, 1.54) is 19.1 Å². The van der Waals surface area contributed by atoms with Gasteiger partial charge in [-0.15, -0.1) is 6.42 Å². The maximum Gasteiger partial charge on any atom is 0.459 e. The summed E-state index contributed by atoms with van der Waals surface area (Å²) in [5, 5.41) is 24.7. The van der Waals surface area contributed by atoms with Crippen molar-refractivity contribution in [3.05, 3.63) is 42.6 Å². The fourth-order valence-corrected chi connectivity index (χ4v) is 4.98. The number of terminal acetylenes is 1. The zero-order valence-electron chi connectivity index (χ0n) is 20.3. The number of benzene rings is 1. The lowest BCUT2D eigenvalue weighted by Gasteiger charge is -2.32. The number of halogens is 1. The highest BCUT2D eigenvalue weighted by molar-refractivity contribution is 7.52. The molecule has 0 aromatic heterocycles. The molecule has 0 bridgehead atoms. The van der Waals surface area contributed by atoms with E-state index in [0.29, 0.717) is 0 Å². The minimum atomic E-state index is -4.42. The minimum absolute atomic E-state index is 0.111. The third-order valence-electron chi connectivity index (χ3n) is 5.31. The van der Waals surface area contributed by atoms with Crippen LogP contribution in [0.5, 0.6) is 5.75 Å². The van der Waals surface area contributed by atoms with Crippen LogP contribution in [0.15, 0.2) is 42.6 Å². The van der Waals surface area contributed by atoms with Gasteiger partial charge in [0.05, 0.1) is 6.10 Å². The van der Waals surface area contributed by atoms with Crippen LogP contribution >= 0.6 is 7.75 Å². The number of para-hydroxylation sites is 1. The molecule has 1 aromatic rings. The van der Waals surface area contributed by atoms with Crippen LogP contribution in [0.3, 0.4) is 0 Å². The first-order chi connectivity index (χ1) is 17.4. The average molecular weight is 541 g/mol. The summed E-state index contributed by atoms with van der Waals surface area (Å²) in [7, 11) is -4.42. The molecule has 12 nitrogen and oxygen atoms in total. The molecule has 202 valence electrons. The van der Waals surface area contributed by atoms with Gasteiger partial charge in [0.2, 0.25) is 0 Å². The second-order valence-electron chi connectivity index (χ2n) is 8.59. The summed E-state index contributed by atoms with van der Waals surface area (Å²) in [6.45, 7) is 3.79. The van der Waals surface area contributed by atoms with E-state index in [0.717, 1.165) is 17.2 Å². The zero-order chi connectivity index (χ0) is 27.4. The summed E-state index contributed by atoms with van der Waals surface area (Å²) in [6.07, 6.45) is 0.165. The molecule has 0 spiro atoms. The molecule has 4 N–H and O–H groups in total. The first kappa shape index (κ1) is 28.6. The number of hydrogen-bond donors (Lipinski definition) is 4. The number of carbonyl (C=O) groups is 2. The highest BCUT2D eigenvalue weighted by atomic mass is 31.2. The highest BCUT2D eigenvalue weighted by Gasteiger charge is 2.58. The number of urea groups is 1. The zero-order valence-corrected chi connectivity index (χ0v) is 21.2. The van der Waals surface area contributed by atoms with Crippen LogP contribution in [0, 0.1) is 12.3 Å². The number of ether oxygens (including phenoxy) is 2. The smallest absolute Gasteiger partial charge is 0.459 e. The van der Waals surface area contributed by atoms with Gasteiger partial charge in [-0.3, -0.25) is 14.2 Å². The van der Waals surface area contributed by atoms with E-state index >= 15 is 4.39 Å². The predicted molar refractivity (Wildman–Crippen MR) is 127 cm³/mol. The first-order valence-electron chi connectivity index (χ1n) is 11.3. The van der Waals surface area contributed by atoms with Gasteiger partial charge >= 0.3 is 19.7 Å². The standard InChI is InChI=1S/C23H29FN3O9P/c1-5-23(19(29)18(24)20(35-23)27-12-11-17(28)25-22(27)31)13-33-37(32,36-16-9-7-6-8-10-16)26-15(4)21(30)34-14(2)3/h1,6-12,14-15,17-20,28-29H,13H2,2-4H3,(H,25,31)(H,26,32)/t15?,17?,18-,19+,20-,23-,37?/m1/s1. The Balaban J connectivity index is 1.82. The monoisotopic (exact) mass is 541 g/mol. The van der Waals surface area contributed by atoms with Crippen LogP contribution in [-0.2, 0) is 23.4 Å². The third kappa shape index (κ3) is 6.67. The molecule has 3 rings (SSSR count). The van der Waals surface area contributed by atoms with E-state index < -0.39 is 68.8 Å². The van der Waals surface area contributed by atoms with Gasteiger partial charge in [-0.25, -0.2) is 13.8 Å². The van der Waals surface area contributed by atoms with E-state index in [-0.39, 0.29) is 5.75 Å². The number of nitrogens with one attached hydrogen (secondary N) is 2. The Hall–Kier alpha value is -2.98. The van der Waals surface area contributed by atoms with Crippen molar-refractivity contribution in [2.75, 3.05) is 6.61 Å². The molecule has 0 radical (unpaired) electrons. The molecule has 7 atom stereocenters. The third-order valence-corrected chi connectivity index (χ3v) is 6.93. The van der Waals surface area contributed by atoms with Crippen molar-refractivity contribution in [1.29, 1.82) is 0 Å². The molecular formula is C23H29FN3O9P. The summed E-state index contributed by atoms with van der Waals surface area (Å²) >= 11 is 0. The van der Waals surface area contributed by atoms with Crippen molar-refractivity contribution in [2.45, 2.75) is 63.2 Å². The summed E-state index contributed by atoms with van der Waals surface area (Å²) in [5.41, 5.74) is -2.20. The van der Waals surface area contributed by atoms with Crippen LogP contribution in [0.25, 0.3) is 0 Å². The van der Waals surface area contributed by atoms with Crippen molar-refractivity contribution >= 4 is 19.7 Å². The van der Waals surface area contributed by atoms with Crippen LogP contribution in [0.4, 0.5) is 9.18 Å². The average Bonchev–Trinajstić information content (AvgIpc) is 3.08. The van der Waals surface area contributed by atoms with Gasteiger partial charge in [0, 0.05) is 6.20 Å². The second-order valence-corrected chi connectivity index (χ2v) is 10.3. The summed E-state index contributed by atoms with van der Waals surface area (Å²) < 4.78 is 50.5. The first-order valence-corrected chi connectivity index (χ1v) is 12.8. The van der Waals surface area contributed by atoms with Crippen LogP contribution < -0.4 is 14.9 Å². The number of hydrogen-bond acceptors (Lipinski definition) is 9. The van der Waals surface area contributed by atoms with Crippen molar-refractivity contribution in [1.82, 2.24) is 15.3 Å². The maximum atomic E-state index is 15.1. The topological polar surface area (TPSA) is 156 Å². The Labute approximate surface area is 213 Å². The number of amides is 2. The fraction of sp³-hybridized carbons (Fsp3) is 0.478. The van der Waals surface area contributed by atoms with Crippen LogP contribution in [0.1, 0.15) is 20.8 Å². The minimum Gasteiger partial charge on any atom is -0.462 e. The molecule has 0 aliphatic carbocycles. The van der Waals surface area contributed by atoms with E-state index in [1.54, 1.807) is 32.0 Å². The van der Waals surface area contributed by atoms with Gasteiger partial charge in [-0.1, -0.05) is 24.1 Å². The van der Waals surface area contributed by atoms with Crippen molar-refractivity contribution in [3.8, 4) is 18.1 Å². The molecule has 2 aliphatic rings. The number of rotatable bonds is 10. The molecule has 1 aromatic carbocycles. The van der Waals surface area contributed by atoms with Crippen LogP contribution in [0.2, 0.25) is 0 Å². The Morgan fingerprint density at radius 3 is 2.62 bits per heavy atom. The molecule has 2 aliphatic heterocycles. The molecule has 0 saturated carbocycles. The van der Waals surface area contributed by atoms with E-state index in [9.17, 15) is 24.4 Å². The summed E-state index contributed by atoms with van der Waals surface area (Å²) in [4.78, 5) is 25.3. The largest absolute Gasteiger partial charge is 0.462 e. The Morgan fingerprint density at radius 1 is 1.35 bits per heavy atom. The number of aliphatic hydroxyl groups is 2. The Morgan fingerprint density at radius 2 is 2.03 bits per heavy atom.